The van der Waals surface area contributed by atoms with Gasteiger partial charge in [-0.05, 0) is 36.2 Å². The fourth-order valence-electron chi connectivity index (χ4n) is 2.63. The second kappa shape index (κ2) is 8.37. The van der Waals surface area contributed by atoms with Crippen LogP contribution in [0.15, 0.2) is 58.7 Å². The van der Waals surface area contributed by atoms with Gasteiger partial charge in [0.05, 0.1) is 11.9 Å². The van der Waals surface area contributed by atoms with E-state index >= 15 is 0 Å². The Morgan fingerprint density at radius 2 is 1.93 bits per heavy atom. The Morgan fingerprint density at radius 1 is 1.22 bits per heavy atom. The number of anilines is 1. The molecule has 1 heterocycles. The van der Waals surface area contributed by atoms with Crippen LogP contribution in [0.25, 0.3) is 0 Å². The summed E-state index contributed by atoms with van der Waals surface area (Å²) in [4.78, 5) is 26.2. The van der Waals surface area contributed by atoms with Gasteiger partial charge in [0, 0.05) is 11.4 Å². The number of thioether (sulfide) groups is 1. The molecule has 0 unspecified atom stereocenters. The molecule has 3 rings (SSSR count). The van der Waals surface area contributed by atoms with Crippen molar-refractivity contribution in [3.8, 4) is 0 Å². The van der Waals surface area contributed by atoms with Gasteiger partial charge in [-0.2, -0.15) is 5.10 Å². The van der Waals surface area contributed by atoms with Crippen molar-refractivity contribution < 1.29 is 9.59 Å². The summed E-state index contributed by atoms with van der Waals surface area (Å²) in [6.45, 7) is 1.86. The van der Waals surface area contributed by atoms with Crippen molar-refractivity contribution in [3.63, 3.8) is 0 Å². The van der Waals surface area contributed by atoms with Gasteiger partial charge >= 0.3 is 0 Å². The van der Waals surface area contributed by atoms with Gasteiger partial charge in [-0.1, -0.05) is 53.7 Å². The van der Waals surface area contributed by atoms with Crippen molar-refractivity contribution in [1.29, 1.82) is 0 Å². The highest BCUT2D eigenvalue weighted by Gasteiger charge is 2.41. The summed E-state index contributed by atoms with van der Waals surface area (Å²) in [5, 5.41) is 7.96. The number of rotatable bonds is 4. The van der Waals surface area contributed by atoms with Crippen molar-refractivity contribution in [3.05, 3.63) is 64.7 Å². The summed E-state index contributed by atoms with van der Waals surface area (Å²) in [6, 6.07) is 14.4. The second-order valence-corrected chi connectivity index (χ2v) is 7.56. The predicted octanol–water partition coefficient (Wildman–Crippen LogP) is 3.36. The first kappa shape index (κ1) is 19.1. The summed E-state index contributed by atoms with van der Waals surface area (Å²) >= 11 is 6.87. The Hall–Kier alpha value is -2.64. The molecule has 2 aromatic carbocycles. The number of para-hydroxylation sites is 1. The molecular weight excluding hydrogens is 384 g/mol. The zero-order valence-electron chi connectivity index (χ0n) is 14.5. The molecule has 2 aromatic rings. The number of hydrogen-bond donors (Lipinski definition) is 1. The largest absolute Gasteiger partial charge is 0.377 e. The SMILES string of the molecule is Cc1ccccc1N1C(=O)C[C@H](SC(N)=NN=Cc2ccc(Cl)cc2)C1=O. The monoisotopic (exact) mass is 400 g/mol. The van der Waals surface area contributed by atoms with Crippen molar-refractivity contribution >= 4 is 52.2 Å². The number of nitrogens with two attached hydrogens (primary N) is 1. The molecule has 0 saturated carbocycles. The van der Waals surface area contributed by atoms with E-state index in [4.69, 9.17) is 17.3 Å². The van der Waals surface area contributed by atoms with Crippen LogP contribution in [0.3, 0.4) is 0 Å². The first-order chi connectivity index (χ1) is 13.0. The third-order valence-corrected chi connectivity index (χ3v) is 5.19. The molecule has 138 valence electrons. The van der Waals surface area contributed by atoms with Crippen LogP contribution in [-0.2, 0) is 9.59 Å². The maximum Gasteiger partial charge on any atom is 0.247 e. The van der Waals surface area contributed by atoms with E-state index in [0.717, 1.165) is 22.9 Å². The van der Waals surface area contributed by atoms with Gasteiger partial charge in [-0.25, -0.2) is 4.90 Å². The molecule has 1 aliphatic heterocycles. The van der Waals surface area contributed by atoms with Crippen LogP contribution in [-0.4, -0.2) is 28.4 Å². The van der Waals surface area contributed by atoms with E-state index < -0.39 is 5.25 Å². The summed E-state index contributed by atoms with van der Waals surface area (Å²) in [5.74, 6) is -0.539. The molecule has 1 aliphatic rings. The lowest BCUT2D eigenvalue weighted by molar-refractivity contribution is -0.121. The molecule has 1 fully saturated rings. The van der Waals surface area contributed by atoms with Gasteiger partial charge < -0.3 is 5.73 Å². The van der Waals surface area contributed by atoms with Crippen molar-refractivity contribution in [2.45, 2.75) is 18.6 Å². The number of aryl methyl sites for hydroxylation is 1. The van der Waals surface area contributed by atoms with Gasteiger partial charge in [0.15, 0.2) is 5.17 Å². The van der Waals surface area contributed by atoms with E-state index in [1.165, 1.54) is 11.1 Å². The van der Waals surface area contributed by atoms with Gasteiger partial charge in [-0.3, -0.25) is 9.59 Å². The van der Waals surface area contributed by atoms with Gasteiger partial charge in [-0.15, -0.1) is 5.10 Å². The smallest absolute Gasteiger partial charge is 0.247 e. The Morgan fingerprint density at radius 3 is 2.63 bits per heavy atom. The summed E-state index contributed by atoms with van der Waals surface area (Å²) in [6.07, 6.45) is 1.61. The van der Waals surface area contributed by atoms with Crippen LogP contribution in [0, 0.1) is 6.92 Å². The standard InChI is InChI=1S/C19H17ClN4O2S/c1-12-4-2-3-5-15(12)24-17(25)10-16(18(24)26)27-19(21)23-22-11-13-6-8-14(20)9-7-13/h2-9,11,16H,10H2,1H3,(H2,21,23)/t16-/m0/s1. The highest BCUT2D eigenvalue weighted by molar-refractivity contribution is 8.14. The van der Waals surface area contributed by atoms with Gasteiger partial charge in [0.2, 0.25) is 11.8 Å². The van der Waals surface area contributed by atoms with E-state index in [1.54, 1.807) is 36.4 Å². The predicted molar refractivity (Wildman–Crippen MR) is 110 cm³/mol. The van der Waals surface area contributed by atoms with Crippen molar-refractivity contribution in [1.82, 2.24) is 0 Å². The summed E-state index contributed by atoms with van der Waals surface area (Å²) in [7, 11) is 0. The van der Waals surface area contributed by atoms with Gasteiger partial charge in [0.25, 0.3) is 0 Å². The highest BCUT2D eigenvalue weighted by atomic mass is 35.5. The Bertz CT molecular complexity index is 928. The lowest BCUT2D eigenvalue weighted by Gasteiger charge is -2.16. The number of amides is 2. The molecule has 0 aromatic heterocycles. The maximum atomic E-state index is 12.7. The molecule has 8 heteroatoms. The van der Waals surface area contributed by atoms with E-state index in [-0.39, 0.29) is 23.4 Å². The number of halogens is 1. The Labute approximate surface area is 166 Å². The lowest BCUT2D eigenvalue weighted by atomic mass is 10.2. The molecule has 27 heavy (non-hydrogen) atoms. The van der Waals surface area contributed by atoms with Crippen LogP contribution in [0.5, 0.6) is 0 Å². The van der Waals surface area contributed by atoms with Crippen molar-refractivity contribution in [2.24, 2.45) is 15.9 Å². The van der Waals surface area contributed by atoms with Crippen LogP contribution in [0.1, 0.15) is 17.5 Å². The Kier molecular flexibility index (Phi) is 5.93. The van der Waals surface area contributed by atoms with E-state index in [1.807, 2.05) is 19.1 Å². The molecule has 0 bridgehead atoms. The van der Waals surface area contributed by atoms with Crippen LogP contribution in [0.2, 0.25) is 5.02 Å². The fraction of sp³-hybridized carbons (Fsp3) is 0.158. The molecule has 2 amide bonds. The number of carbonyl (C=O) groups is 2. The number of imide groups is 1. The molecule has 0 spiro atoms. The molecule has 6 nitrogen and oxygen atoms in total. The summed E-state index contributed by atoms with van der Waals surface area (Å²) in [5.41, 5.74) is 8.14. The third-order valence-electron chi connectivity index (χ3n) is 3.96. The number of hydrogen-bond acceptors (Lipinski definition) is 5. The van der Waals surface area contributed by atoms with Crippen molar-refractivity contribution in [2.75, 3.05) is 4.90 Å². The number of amidine groups is 1. The Balaban J connectivity index is 1.67. The minimum Gasteiger partial charge on any atom is -0.377 e. The minimum atomic E-state index is -0.605. The second-order valence-electron chi connectivity index (χ2n) is 5.90. The number of benzene rings is 2. The fourth-order valence-corrected chi connectivity index (χ4v) is 3.58. The zero-order valence-corrected chi connectivity index (χ0v) is 16.1. The van der Waals surface area contributed by atoms with Crippen LogP contribution in [0.4, 0.5) is 5.69 Å². The molecule has 2 N–H and O–H groups in total. The number of carbonyl (C=O) groups excluding carboxylic acids is 2. The molecular formula is C19H17ClN4O2S. The first-order valence-corrected chi connectivity index (χ1v) is 9.42. The minimum absolute atomic E-state index is 0.0783. The number of nitrogens with zero attached hydrogens (tertiary/aromatic N) is 3. The molecule has 0 radical (unpaired) electrons. The average molecular weight is 401 g/mol. The molecule has 1 atom stereocenters. The molecule has 1 saturated heterocycles. The highest BCUT2D eigenvalue weighted by Crippen LogP contribution is 2.31. The maximum absolute atomic E-state index is 12.7. The average Bonchev–Trinajstić information content (AvgIpc) is 2.91. The van der Waals surface area contributed by atoms with E-state index in [0.29, 0.717) is 10.7 Å². The first-order valence-electron chi connectivity index (χ1n) is 8.17. The van der Waals surface area contributed by atoms with E-state index in [9.17, 15) is 9.59 Å². The van der Waals surface area contributed by atoms with Crippen LogP contribution >= 0.6 is 23.4 Å². The summed E-state index contributed by atoms with van der Waals surface area (Å²) < 4.78 is 0. The van der Waals surface area contributed by atoms with E-state index in [2.05, 4.69) is 10.2 Å². The van der Waals surface area contributed by atoms with Gasteiger partial charge in [0.1, 0.15) is 5.25 Å². The normalized spacial score (nSPS) is 17.9. The third kappa shape index (κ3) is 4.56. The lowest BCUT2D eigenvalue weighted by Crippen LogP contribution is -2.32. The van der Waals surface area contributed by atoms with Crippen LogP contribution < -0.4 is 10.6 Å². The molecule has 0 aliphatic carbocycles. The topological polar surface area (TPSA) is 88.1 Å². The zero-order chi connectivity index (χ0) is 19.4. The quantitative estimate of drug-likeness (QED) is 0.369.